The normalized spacial score (nSPS) is 18.9. The van der Waals surface area contributed by atoms with Crippen LogP contribution in [-0.4, -0.2) is 47.8 Å². The van der Waals surface area contributed by atoms with Gasteiger partial charge >= 0.3 is 5.96 Å². The van der Waals surface area contributed by atoms with E-state index < -0.39 is 4.65 Å². The smallest absolute Gasteiger partial charge is 0.359 e. The topological polar surface area (TPSA) is 72.6 Å². The average Bonchev–Trinajstić information content (AvgIpc) is 3.21. The van der Waals surface area contributed by atoms with Crippen LogP contribution in [-0.2, 0) is 13.0 Å². The van der Waals surface area contributed by atoms with Crippen molar-refractivity contribution in [2.24, 2.45) is 15.2 Å². The average molecular weight is 498 g/mol. The van der Waals surface area contributed by atoms with Gasteiger partial charge in [0.15, 0.2) is 5.70 Å². The molecule has 3 aromatic rings. The van der Waals surface area contributed by atoms with Crippen molar-refractivity contribution in [3.05, 3.63) is 112 Å². The summed E-state index contributed by atoms with van der Waals surface area (Å²) in [4.78, 5) is 6.66. The van der Waals surface area contributed by atoms with Crippen molar-refractivity contribution >= 4 is 23.2 Å². The van der Waals surface area contributed by atoms with Crippen molar-refractivity contribution in [2.75, 3.05) is 20.7 Å². The highest BCUT2D eigenvalue weighted by Gasteiger charge is 2.46. The monoisotopic (exact) mass is 497 g/mol. The summed E-state index contributed by atoms with van der Waals surface area (Å²) in [6, 6.07) is 24.0. The number of amidine groups is 1. The Bertz CT molecular complexity index is 1450. The van der Waals surface area contributed by atoms with Gasteiger partial charge in [0.25, 0.3) is 0 Å². The fourth-order valence-electron chi connectivity index (χ4n) is 4.73. The summed E-state index contributed by atoms with van der Waals surface area (Å²) in [5.41, 5.74) is 4.03. The van der Waals surface area contributed by atoms with Crippen molar-refractivity contribution in [3.8, 4) is 5.75 Å². The minimum Gasteiger partial charge on any atom is -0.613 e. The van der Waals surface area contributed by atoms with E-state index in [1.54, 1.807) is 25.3 Å². The van der Waals surface area contributed by atoms with Crippen molar-refractivity contribution in [1.82, 2.24) is 4.90 Å². The standard InChI is InChI=1S/C29H28FN5O2/c1-20-26(17-22-12-7-8-15-25(22)30)31-29-33-32-27(19-34(2)18-21-10-5-4-6-11-21)35(29,36)28(20)23-13-9-14-24(16-23)37-3/h4-16H,17-19H2,1-3H3. The zero-order valence-corrected chi connectivity index (χ0v) is 21.1. The lowest BCUT2D eigenvalue weighted by Gasteiger charge is -2.42. The molecule has 7 nitrogen and oxygen atoms in total. The third-order valence-electron chi connectivity index (χ3n) is 6.60. The highest BCUT2D eigenvalue weighted by molar-refractivity contribution is 6.17. The molecule has 0 spiro atoms. The van der Waals surface area contributed by atoms with E-state index in [0.717, 1.165) is 5.56 Å². The SMILES string of the molecule is COc1cccc(C2=C(C)C(Cc3ccccc3F)=NC3=NN=C(CN(C)Cc4ccccc4)[N+]32[O-])c1. The van der Waals surface area contributed by atoms with Crippen LogP contribution < -0.4 is 4.74 Å². The fourth-order valence-corrected chi connectivity index (χ4v) is 4.73. The fraction of sp³-hybridized carbons (Fsp3) is 0.207. The molecular weight excluding hydrogens is 469 g/mol. The second-order valence-corrected chi connectivity index (χ2v) is 9.22. The molecule has 0 bridgehead atoms. The molecule has 188 valence electrons. The molecule has 0 saturated heterocycles. The number of likely N-dealkylation sites (N-methyl/N-ethyl adjacent to an activating group) is 1. The highest BCUT2D eigenvalue weighted by atomic mass is 19.1. The number of aliphatic imine (C=N–C) groups is 1. The molecule has 2 aliphatic rings. The van der Waals surface area contributed by atoms with E-state index in [1.165, 1.54) is 6.07 Å². The van der Waals surface area contributed by atoms with Crippen LogP contribution in [0.3, 0.4) is 0 Å². The Hall–Kier alpha value is -3.98. The number of hydroxylamine groups is 3. The summed E-state index contributed by atoms with van der Waals surface area (Å²) in [7, 11) is 3.53. The van der Waals surface area contributed by atoms with Crippen LogP contribution in [0.5, 0.6) is 5.75 Å². The molecule has 0 N–H and O–H groups in total. The molecule has 1 unspecified atom stereocenters. The number of hydrogen-bond donors (Lipinski definition) is 0. The molecule has 1 atom stereocenters. The first kappa shape index (κ1) is 24.7. The van der Waals surface area contributed by atoms with E-state index >= 15 is 0 Å². The van der Waals surface area contributed by atoms with Crippen molar-refractivity contribution in [1.29, 1.82) is 0 Å². The van der Waals surface area contributed by atoms with Gasteiger partial charge in [-0.25, -0.2) is 9.04 Å². The molecule has 0 aliphatic carbocycles. The van der Waals surface area contributed by atoms with Crippen LogP contribution in [0.25, 0.3) is 5.70 Å². The highest BCUT2D eigenvalue weighted by Crippen LogP contribution is 2.39. The van der Waals surface area contributed by atoms with E-state index in [-0.39, 0.29) is 18.2 Å². The Kier molecular flexibility index (Phi) is 6.80. The molecule has 0 radical (unpaired) electrons. The molecule has 0 fully saturated rings. The van der Waals surface area contributed by atoms with Gasteiger partial charge in [-0.1, -0.05) is 64.8 Å². The number of guanidine groups is 1. The van der Waals surface area contributed by atoms with E-state index in [4.69, 9.17) is 4.74 Å². The van der Waals surface area contributed by atoms with Crippen LogP contribution in [0.1, 0.15) is 23.6 Å². The van der Waals surface area contributed by atoms with Crippen molar-refractivity contribution in [2.45, 2.75) is 19.9 Å². The lowest BCUT2D eigenvalue weighted by molar-refractivity contribution is -0.603. The minimum absolute atomic E-state index is 0.0258. The number of methoxy groups -OCH3 is 1. The molecule has 2 heterocycles. The first-order chi connectivity index (χ1) is 17.9. The summed E-state index contributed by atoms with van der Waals surface area (Å²) in [6.07, 6.45) is 0.230. The predicted octanol–water partition coefficient (Wildman–Crippen LogP) is 5.39. The number of quaternary nitrogens is 1. The van der Waals surface area contributed by atoms with Crippen LogP contribution in [0, 0.1) is 11.0 Å². The van der Waals surface area contributed by atoms with Gasteiger partial charge < -0.3 is 9.94 Å². The molecule has 0 aromatic heterocycles. The number of halogens is 1. The number of ether oxygens (including phenoxy) is 1. The van der Waals surface area contributed by atoms with Gasteiger partial charge in [-0.2, -0.15) is 4.99 Å². The summed E-state index contributed by atoms with van der Waals surface area (Å²) in [6.45, 7) is 2.80. The third-order valence-corrected chi connectivity index (χ3v) is 6.60. The summed E-state index contributed by atoms with van der Waals surface area (Å²) in [5, 5.41) is 23.3. The Balaban J connectivity index is 1.54. The zero-order chi connectivity index (χ0) is 26.0. The lowest BCUT2D eigenvalue weighted by atomic mass is 9.95. The van der Waals surface area contributed by atoms with Crippen LogP contribution in [0.15, 0.2) is 99.6 Å². The Morgan fingerprint density at radius 2 is 1.70 bits per heavy atom. The molecule has 37 heavy (non-hydrogen) atoms. The van der Waals surface area contributed by atoms with Gasteiger partial charge in [0, 0.05) is 24.1 Å². The molecule has 0 saturated carbocycles. The first-order valence-corrected chi connectivity index (χ1v) is 12.1. The minimum atomic E-state index is -0.987. The van der Waals surface area contributed by atoms with Gasteiger partial charge in [0.2, 0.25) is 5.84 Å². The first-order valence-electron chi connectivity index (χ1n) is 12.1. The number of hydrogen-bond acceptors (Lipinski definition) is 6. The van der Waals surface area contributed by atoms with Gasteiger partial charge in [-0.15, -0.1) is 0 Å². The zero-order valence-electron chi connectivity index (χ0n) is 21.1. The van der Waals surface area contributed by atoms with Gasteiger partial charge in [0.1, 0.15) is 11.6 Å². The maximum absolute atomic E-state index is 14.8. The summed E-state index contributed by atoms with van der Waals surface area (Å²) < 4.78 is 19.0. The second kappa shape index (κ2) is 10.2. The molecule has 2 aliphatic heterocycles. The van der Waals surface area contributed by atoms with E-state index in [1.807, 2.05) is 73.5 Å². The Labute approximate surface area is 215 Å². The Morgan fingerprint density at radius 1 is 0.946 bits per heavy atom. The van der Waals surface area contributed by atoms with Gasteiger partial charge in [0.05, 0.1) is 19.4 Å². The maximum atomic E-state index is 14.8. The predicted molar refractivity (Wildman–Crippen MR) is 144 cm³/mol. The van der Waals surface area contributed by atoms with E-state index in [2.05, 4.69) is 15.2 Å². The summed E-state index contributed by atoms with van der Waals surface area (Å²) in [5.74, 6) is 0.652. The number of allylic oxidation sites excluding steroid dienone is 1. The number of fused-ring (bicyclic) bond motifs is 1. The van der Waals surface area contributed by atoms with Gasteiger partial charge in [-0.3, -0.25) is 4.90 Å². The number of nitrogens with zero attached hydrogens (tertiary/aromatic N) is 5. The molecule has 8 heteroatoms. The molecule has 0 amide bonds. The third kappa shape index (κ3) is 4.74. The van der Waals surface area contributed by atoms with Crippen molar-refractivity contribution < 1.29 is 13.8 Å². The van der Waals surface area contributed by atoms with Crippen LogP contribution >= 0.6 is 0 Å². The van der Waals surface area contributed by atoms with E-state index in [9.17, 15) is 9.60 Å². The largest absolute Gasteiger partial charge is 0.613 e. The second-order valence-electron chi connectivity index (χ2n) is 9.22. The molecule has 5 rings (SSSR count). The van der Waals surface area contributed by atoms with E-state index in [0.29, 0.717) is 52.8 Å². The quantitative estimate of drug-likeness (QED) is 0.309. The van der Waals surface area contributed by atoms with Gasteiger partial charge in [-0.05, 0) is 49.4 Å². The molecule has 3 aromatic carbocycles. The number of rotatable bonds is 8. The summed E-state index contributed by atoms with van der Waals surface area (Å²) >= 11 is 0. The van der Waals surface area contributed by atoms with Crippen LogP contribution in [0.2, 0.25) is 0 Å². The maximum Gasteiger partial charge on any atom is 0.359 e. The van der Waals surface area contributed by atoms with Crippen molar-refractivity contribution in [3.63, 3.8) is 0 Å². The Morgan fingerprint density at radius 3 is 2.46 bits per heavy atom. The van der Waals surface area contributed by atoms with Crippen LogP contribution in [0.4, 0.5) is 4.39 Å². The number of benzene rings is 3. The lowest BCUT2D eigenvalue weighted by Crippen LogP contribution is -2.53. The molecular formula is C29H28FN5O2.